The number of nitro groups is 1. The Morgan fingerprint density at radius 1 is 1.14 bits per heavy atom. The topological polar surface area (TPSA) is 55.2 Å². The van der Waals surface area contributed by atoms with E-state index >= 15 is 0 Å². The number of nitro benzene ring substituents is 1. The molecule has 0 saturated heterocycles. The number of nitrogens with one attached hydrogen (secondary N) is 1. The summed E-state index contributed by atoms with van der Waals surface area (Å²) in [6.07, 6.45) is 0. The zero-order chi connectivity index (χ0) is 15.6. The second-order valence-corrected chi connectivity index (χ2v) is 4.82. The number of hydrogen-bond donors (Lipinski definition) is 1. The van der Waals surface area contributed by atoms with Crippen molar-refractivity contribution in [3.63, 3.8) is 0 Å². The van der Waals surface area contributed by atoms with E-state index in [-0.39, 0.29) is 5.69 Å². The first kappa shape index (κ1) is 14.9. The van der Waals surface area contributed by atoms with E-state index < -0.39 is 22.2 Å². The number of nitrogens with zero attached hydrogens (tertiary/aromatic N) is 1. The lowest BCUT2D eigenvalue weighted by molar-refractivity contribution is -0.387. The summed E-state index contributed by atoms with van der Waals surface area (Å²) in [7, 11) is 0. The normalized spacial score (nSPS) is 10.5. The maximum Gasteiger partial charge on any atom is 0.307 e. The summed E-state index contributed by atoms with van der Waals surface area (Å²) < 4.78 is 26.9. The number of benzene rings is 2. The molecule has 0 aliphatic rings. The monoisotopic (exact) mass is 292 g/mol. The van der Waals surface area contributed by atoms with Crippen LogP contribution in [0.25, 0.3) is 0 Å². The molecule has 0 spiro atoms. The molecule has 1 N–H and O–H groups in total. The van der Waals surface area contributed by atoms with Crippen LogP contribution in [0.3, 0.4) is 0 Å². The molecule has 0 atom stereocenters. The molecule has 0 aliphatic heterocycles. The zero-order valence-corrected chi connectivity index (χ0v) is 11.6. The first-order valence-corrected chi connectivity index (χ1v) is 6.32. The molecule has 0 heterocycles. The number of halogens is 2. The summed E-state index contributed by atoms with van der Waals surface area (Å²) in [5.74, 6) is -2.04. The van der Waals surface area contributed by atoms with E-state index in [2.05, 4.69) is 5.32 Å². The predicted molar refractivity (Wildman–Crippen MR) is 76.3 cm³/mol. The fourth-order valence-corrected chi connectivity index (χ4v) is 1.99. The molecule has 2 rings (SSSR count). The lowest BCUT2D eigenvalue weighted by Gasteiger charge is -2.11. The summed E-state index contributed by atoms with van der Waals surface area (Å²) in [6, 6.07) is 7.23. The van der Waals surface area contributed by atoms with Crippen molar-refractivity contribution in [2.75, 3.05) is 5.32 Å². The average Bonchev–Trinajstić information content (AvgIpc) is 2.41. The first-order chi connectivity index (χ1) is 9.88. The highest BCUT2D eigenvalue weighted by Gasteiger charge is 2.18. The maximum atomic E-state index is 13.7. The Morgan fingerprint density at radius 3 is 2.52 bits per heavy atom. The van der Waals surface area contributed by atoms with E-state index in [1.807, 2.05) is 32.0 Å². The standard InChI is InChI=1S/C15H14F2N2O2/c1-9-3-4-10(2)11(5-9)8-18-14-7-15(19(20)21)13(17)6-12(14)16/h3-7,18H,8H2,1-2H3. The summed E-state index contributed by atoms with van der Waals surface area (Å²) in [5, 5.41) is 13.4. The number of hydrogen-bond acceptors (Lipinski definition) is 3. The van der Waals surface area contributed by atoms with Gasteiger partial charge in [0.25, 0.3) is 0 Å². The fourth-order valence-electron chi connectivity index (χ4n) is 1.99. The summed E-state index contributed by atoms with van der Waals surface area (Å²) in [6.45, 7) is 4.15. The number of anilines is 1. The quantitative estimate of drug-likeness (QED) is 0.681. The first-order valence-electron chi connectivity index (χ1n) is 6.32. The van der Waals surface area contributed by atoms with E-state index in [1.165, 1.54) is 0 Å². The van der Waals surface area contributed by atoms with Crippen LogP contribution in [-0.2, 0) is 6.54 Å². The van der Waals surface area contributed by atoms with Crippen molar-refractivity contribution >= 4 is 11.4 Å². The van der Waals surface area contributed by atoms with Crippen molar-refractivity contribution in [1.29, 1.82) is 0 Å². The molecular weight excluding hydrogens is 278 g/mol. The number of rotatable bonds is 4. The molecule has 0 bridgehead atoms. The second kappa shape index (κ2) is 5.87. The summed E-state index contributed by atoms with van der Waals surface area (Å²) in [4.78, 5) is 9.80. The van der Waals surface area contributed by atoms with Crippen molar-refractivity contribution < 1.29 is 13.7 Å². The van der Waals surface area contributed by atoms with Crippen molar-refractivity contribution in [2.45, 2.75) is 20.4 Å². The van der Waals surface area contributed by atoms with Gasteiger partial charge in [-0.1, -0.05) is 23.8 Å². The van der Waals surface area contributed by atoms with Crippen LogP contribution in [0.5, 0.6) is 0 Å². The summed E-state index contributed by atoms with van der Waals surface area (Å²) in [5.41, 5.74) is 2.18. The third-order valence-electron chi connectivity index (χ3n) is 3.21. The van der Waals surface area contributed by atoms with Gasteiger partial charge in [0.1, 0.15) is 5.82 Å². The molecule has 21 heavy (non-hydrogen) atoms. The molecular formula is C15H14F2N2O2. The molecule has 4 nitrogen and oxygen atoms in total. The Bertz CT molecular complexity index is 702. The van der Waals surface area contributed by atoms with Crippen molar-refractivity contribution in [2.24, 2.45) is 0 Å². The highest BCUT2D eigenvalue weighted by molar-refractivity contribution is 5.53. The van der Waals surface area contributed by atoms with Gasteiger partial charge in [-0.2, -0.15) is 4.39 Å². The smallest absolute Gasteiger partial charge is 0.307 e. The van der Waals surface area contributed by atoms with Gasteiger partial charge in [0.15, 0.2) is 0 Å². The number of aryl methyl sites for hydroxylation is 2. The van der Waals surface area contributed by atoms with Gasteiger partial charge in [0.2, 0.25) is 5.82 Å². The van der Waals surface area contributed by atoms with Gasteiger partial charge in [0, 0.05) is 18.7 Å². The Morgan fingerprint density at radius 2 is 1.86 bits per heavy atom. The molecule has 0 aliphatic carbocycles. The van der Waals surface area contributed by atoms with E-state index in [0.29, 0.717) is 12.6 Å². The van der Waals surface area contributed by atoms with Gasteiger partial charge in [-0.25, -0.2) is 4.39 Å². The average molecular weight is 292 g/mol. The highest BCUT2D eigenvalue weighted by Crippen LogP contribution is 2.25. The minimum absolute atomic E-state index is 0.0935. The second-order valence-electron chi connectivity index (χ2n) is 4.82. The van der Waals surface area contributed by atoms with Crippen LogP contribution in [-0.4, -0.2) is 4.92 Å². The predicted octanol–water partition coefficient (Wildman–Crippen LogP) is 4.10. The Kier molecular flexibility index (Phi) is 4.16. The van der Waals surface area contributed by atoms with Crippen molar-refractivity contribution in [1.82, 2.24) is 0 Å². The molecule has 6 heteroatoms. The maximum absolute atomic E-state index is 13.7. The summed E-state index contributed by atoms with van der Waals surface area (Å²) >= 11 is 0. The lowest BCUT2D eigenvalue weighted by Crippen LogP contribution is -2.05. The van der Waals surface area contributed by atoms with Crippen LogP contribution in [0.4, 0.5) is 20.2 Å². The van der Waals surface area contributed by atoms with Crippen molar-refractivity contribution in [3.05, 3.63) is 68.8 Å². The van der Waals surface area contributed by atoms with E-state index in [9.17, 15) is 18.9 Å². The van der Waals surface area contributed by atoms with E-state index in [1.54, 1.807) is 0 Å². The van der Waals surface area contributed by atoms with Gasteiger partial charge >= 0.3 is 5.69 Å². The molecule has 2 aromatic rings. The molecule has 0 amide bonds. The molecule has 0 unspecified atom stereocenters. The van der Waals surface area contributed by atoms with Crippen LogP contribution in [0.2, 0.25) is 0 Å². The molecule has 0 radical (unpaired) electrons. The third-order valence-corrected chi connectivity index (χ3v) is 3.21. The largest absolute Gasteiger partial charge is 0.378 e. The van der Waals surface area contributed by atoms with Gasteiger partial charge in [0.05, 0.1) is 10.6 Å². The van der Waals surface area contributed by atoms with Crippen LogP contribution in [0.15, 0.2) is 30.3 Å². The van der Waals surface area contributed by atoms with Crippen LogP contribution in [0.1, 0.15) is 16.7 Å². The Hall–Kier alpha value is -2.50. The molecule has 0 aromatic heterocycles. The molecule has 110 valence electrons. The van der Waals surface area contributed by atoms with Crippen LogP contribution < -0.4 is 5.32 Å². The van der Waals surface area contributed by atoms with Gasteiger partial charge in [-0.15, -0.1) is 0 Å². The Labute approximate surface area is 120 Å². The van der Waals surface area contributed by atoms with E-state index in [0.717, 1.165) is 22.8 Å². The zero-order valence-electron chi connectivity index (χ0n) is 11.6. The van der Waals surface area contributed by atoms with Crippen LogP contribution >= 0.6 is 0 Å². The highest BCUT2D eigenvalue weighted by atomic mass is 19.1. The lowest BCUT2D eigenvalue weighted by atomic mass is 10.1. The third kappa shape index (κ3) is 3.34. The van der Waals surface area contributed by atoms with Gasteiger partial charge in [-0.05, 0) is 25.0 Å². The van der Waals surface area contributed by atoms with Crippen LogP contribution in [0, 0.1) is 35.6 Å². The van der Waals surface area contributed by atoms with Gasteiger partial charge < -0.3 is 5.32 Å². The fraction of sp³-hybridized carbons (Fsp3) is 0.200. The Balaban J connectivity index is 2.25. The van der Waals surface area contributed by atoms with Crippen molar-refractivity contribution in [3.8, 4) is 0 Å². The molecule has 0 saturated carbocycles. The molecule has 2 aromatic carbocycles. The van der Waals surface area contributed by atoms with E-state index in [4.69, 9.17) is 0 Å². The van der Waals surface area contributed by atoms with Gasteiger partial charge in [-0.3, -0.25) is 10.1 Å². The molecule has 0 fully saturated rings. The SMILES string of the molecule is Cc1ccc(C)c(CNc2cc([N+](=O)[O-])c(F)cc2F)c1. The minimum Gasteiger partial charge on any atom is -0.378 e. The minimum atomic E-state index is -1.19.